The second kappa shape index (κ2) is 8.54. The minimum absolute atomic E-state index is 0.0559. The average molecular weight is 442 g/mol. The molecule has 166 valence electrons. The van der Waals surface area contributed by atoms with Crippen molar-refractivity contribution in [3.63, 3.8) is 0 Å². The SMILES string of the molecule is N#Cc1ccc(N2CCN(C(=O)c3ccccc3)C(C(=O)NC3CC3)C2)cc1C(F)(F)F. The van der Waals surface area contributed by atoms with E-state index in [-0.39, 0.29) is 43.2 Å². The fourth-order valence-electron chi connectivity index (χ4n) is 3.82. The molecule has 32 heavy (non-hydrogen) atoms. The monoisotopic (exact) mass is 442 g/mol. The molecule has 1 saturated carbocycles. The lowest BCUT2D eigenvalue weighted by Crippen LogP contribution is -2.61. The maximum absolute atomic E-state index is 13.4. The van der Waals surface area contributed by atoms with Gasteiger partial charge < -0.3 is 15.1 Å². The Morgan fingerprint density at radius 1 is 1.06 bits per heavy atom. The Hall–Kier alpha value is -3.54. The second-order valence-electron chi connectivity index (χ2n) is 7.95. The Balaban J connectivity index is 1.61. The molecule has 2 fully saturated rings. The van der Waals surface area contributed by atoms with Crippen molar-refractivity contribution in [1.82, 2.24) is 10.2 Å². The van der Waals surface area contributed by atoms with Gasteiger partial charge in [-0.05, 0) is 43.2 Å². The second-order valence-corrected chi connectivity index (χ2v) is 7.95. The standard InChI is InChI=1S/C23H21F3N4O2/c24-23(25,26)19-12-18(9-6-16(19)13-27)29-10-11-30(22(32)15-4-2-1-3-5-15)20(14-29)21(31)28-17-7-8-17/h1-6,9,12,17,20H,7-8,10-11,14H2,(H,28,31). The van der Waals surface area contributed by atoms with Crippen LogP contribution in [0, 0.1) is 11.3 Å². The zero-order valence-electron chi connectivity index (χ0n) is 17.1. The van der Waals surface area contributed by atoms with Gasteiger partial charge in [0, 0.05) is 36.9 Å². The minimum atomic E-state index is -4.67. The first-order valence-electron chi connectivity index (χ1n) is 10.3. The summed E-state index contributed by atoms with van der Waals surface area (Å²) in [4.78, 5) is 29.2. The van der Waals surface area contributed by atoms with E-state index < -0.39 is 23.3 Å². The number of benzene rings is 2. The third-order valence-electron chi connectivity index (χ3n) is 5.68. The Kier molecular flexibility index (Phi) is 5.78. The smallest absolute Gasteiger partial charge is 0.367 e. The van der Waals surface area contributed by atoms with Crippen molar-refractivity contribution < 1.29 is 22.8 Å². The van der Waals surface area contributed by atoms with E-state index in [1.54, 1.807) is 41.3 Å². The molecule has 0 aromatic heterocycles. The van der Waals surface area contributed by atoms with Crippen LogP contribution in [0.1, 0.15) is 34.3 Å². The van der Waals surface area contributed by atoms with E-state index in [9.17, 15) is 22.8 Å². The highest BCUT2D eigenvalue weighted by Gasteiger charge is 2.39. The highest BCUT2D eigenvalue weighted by Crippen LogP contribution is 2.35. The number of hydrogen-bond acceptors (Lipinski definition) is 4. The van der Waals surface area contributed by atoms with Crippen LogP contribution in [0.25, 0.3) is 0 Å². The van der Waals surface area contributed by atoms with Crippen molar-refractivity contribution in [2.45, 2.75) is 31.1 Å². The maximum atomic E-state index is 13.4. The summed E-state index contributed by atoms with van der Waals surface area (Å²) in [5.74, 6) is -0.608. The van der Waals surface area contributed by atoms with Crippen LogP contribution >= 0.6 is 0 Å². The zero-order valence-corrected chi connectivity index (χ0v) is 17.1. The molecule has 1 unspecified atom stereocenters. The number of carbonyl (C=O) groups excluding carboxylic acids is 2. The molecule has 0 bridgehead atoms. The van der Waals surface area contributed by atoms with E-state index in [2.05, 4.69) is 5.32 Å². The summed E-state index contributed by atoms with van der Waals surface area (Å²) < 4.78 is 40.2. The lowest BCUT2D eigenvalue weighted by molar-refractivity contribution is -0.137. The van der Waals surface area contributed by atoms with Crippen LogP contribution in [0.2, 0.25) is 0 Å². The Bertz CT molecular complexity index is 1060. The van der Waals surface area contributed by atoms with E-state index in [1.807, 2.05) is 0 Å². The molecule has 2 amide bonds. The maximum Gasteiger partial charge on any atom is 0.417 e. The average Bonchev–Trinajstić information content (AvgIpc) is 3.61. The summed E-state index contributed by atoms with van der Waals surface area (Å²) in [6.45, 7) is 0.493. The van der Waals surface area contributed by atoms with Gasteiger partial charge in [0.1, 0.15) is 6.04 Å². The van der Waals surface area contributed by atoms with Crippen LogP contribution in [0.4, 0.5) is 18.9 Å². The van der Waals surface area contributed by atoms with Gasteiger partial charge in [-0.1, -0.05) is 18.2 Å². The van der Waals surface area contributed by atoms with Gasteiger partial charge >= 0.3 is 6.18 Å². The number of rotatable bonds is 4. The minimum Gasteiger partial charge on any atom is -0.367 e. The van der Waals surface area contributed by atoms with E-state index in [0.717, 1.165) is 25.0 Å². The summed E-state index contributed by atoms with van der Waals surface area (Å²) in [5.41, 5.74) is -0.767. The molecule has 4 rings (SSSR count). The van der Waals surface area contributed by atoms with E-state index >= 15 is 0 Å². The quantitative estimate of drug-likeness (QED) is 0.789. The predicted octanol–water partition coefficient (Wildman–Crippen LogP) is 3.19. The zero-order chi connectivity index (χ0) is 22.9. The van der Waals surface area contributed by atoms with Crippen LogP contribution in [0.5, 0.6) is 0 Å². The van der Waals surface area contributed by atoms with Gasteiger partial charge in [0.2, 0.25) is 5.91 Å². The van der Waals surface area contributed by atoms with Crippen LogP contribution < -0.4 is 10.2 Å². The first-order chi connectivity index (χ1) is 15.3. The van der Waals surface area contributed by atoms with Crippen molar-refractivity contribution in [2.75, 3.05) is 24.5 Å². The lowest BCUT2D eigenvalue weighted by atomic mass is 10.0. The van der Waals surface area contributed by atoms with Gasteiger partial charge in [0.25, 0.3) is 5.91 Å². The Morgan fingerprint density at radius 2 is 1.78 bits per heavy atom. The van der Waals surface area contributed by atoms with Crippen molar-refractivity contribution in [3.8, 4) is 6.07 Å². The fourth-order valence-corrected chi connectivity index (χ4v) is 3.82. The number of amides is 2. The molecule has 2 aliphatic rings. The lowest BCUT2D eigenvalue weighted by Gasteiger charge is -2.41. The summed E-state index contributed by atoms with van der Waals surface area (Å²) in [6.07, 6.45) is -2.92. The predicted molar refractivity (Wildman–Crippen MR) is 111 cm³/mol. The third-order valence-corrected chi connectivity index (χ3v) is 5.68. The molecule has 1 atom stereocenters. The molecule has 1 saturated heterocycles. The molecular formula is C23H21F3N4O2. The van der Waals surface area contributed by atoms with Gasteiger partial charge in [-0.15, -0.1) is 0 Å². The topological polar surface area (TPSA) is 76.4 Å². The number of nitrogens with one attached hydrogen (secondary N) is 1. The summed E-state index contributed by atoms with van der Waals surface area (Å²) in [7, 11) is 0. The highest BCUT2D eigenvalue weighted by molar-refractivity contribution is 5.98. The first kappa shape index (κ1) is 21.7. The number of piperazine rings is 1. The van der Waals surface area contributed by atoms with Crippen LogP contribution in [0.3, 0.4) is 0 Å². The molecule has 1 N–H and O–H groups in total. The summed E-state index contributed by atoms with van der Waals surface area (Å²) in [6, 6.07) is 12.9. The van der Waals surface area contributed by atoms with E-state index in [0.29, 0.717) is 5.56 Å². The van der Waals surface area contributed by atoms with Gasteiger partial charge in [-0.2, -0.15) is 18.4 Å². The van der Waals surface area contributed by atoms with Gasteiger partial charge in [-0.3, -0.25) is 9.59 Å². The van der Waals surface area contributed by atoms with Crippen molar-refractivity contribution in [1.29, 1.82) is 5.26 Å². The number of halogens is 3. The van der Waals surface area contributed by atoms with E-state index in [1.165, 1.54) is 11.0 Å². The van der Waals surface area contributed by atoms with Crippen molar-refractivity contribution in [3.05, 3.63) is 65.2 Å². The molecule has 2 aromatic rings. The molecular weight excluding hydrogens is 421 g/mol. The van der Waals surface area contributed by atoms with Crippen molar-refractivity contribution >= 4 is 17.5 Å². The molecule has 9 heteroatoms. The number of hydrogen-bond donors (Lipinski definition) is 1. The Labute approximate surface area is 183 Å². The van der Waals surface area contributed by atoms with Crippen LogP contribution in [-0.2, 0) is 11.0 Å². The fraction of sp³-hybridized carbons (Fsp3) is 0.348. The molecule has 0 radical (unpaired) electrons. The normalized spacial score (nSPS) is 18.8. The molecule has 0 spiro atoms. The number of anilines is 1. The van der Waals surface area contributed by atoms with Crippen LogP contribution in [0.15, 0.2) is 48.5 Å². The summed E-state index contributed by atoms with van der Waals surface area (Å²) >= 11 is 0. The van der Waals surface area contributed by atoms with Gasteiger partial charge in [-0.25, -0.2) is 0 Å². The number of alkyl halides is 3. The largest absolute Gasteiger partial charge is 0.417 e. The van der Waals surface area contributed by atoms with Crippen LogP contribution in [-0.4, -0.2) is 48.4 Å². The third kappa shape index (κ3) is 4.54. The molecule has 2 aromatic carbocycles. The highest BCUT2D eigenvalue weighted by atomic mass is 19.4. The molecule has 1 aliphatic carbocycles. The summed E-state index contributed by atoms with van der Waals surface area (Å²) in [5, 5.41) is 11.9. The first-order valence-corrected chi connectivity index (χ1v) is 10.3. The Morgan fingerprint density at radius 3 is 2.41 bits per heavy atom. The number of carbonyl (C=O) groups is 2. The van der Waals surface area contributed by atoms with Crippen molar-refractivity contribution in [2.24, 2.45) is 0 Å². The molecule has 6 nitrogen and oxygen atoms in total. The van der Waals surface area contributed by atoms with E-state index in [4.69, 9.17) is 5.26 Å². The molecule has 1 aliphatic heterocycles. The van der Waals surface area contributed by atoms with Gasteiger partial charge in [0.15, 0.2) is 0 Å². The number of nitrogens with zero attached hydrogens (tertiary/aromatic N) is 3. The number of nitriles is 1. The van der Waals surface area contributed by atoms with Gasteiger partial charge in [0.05, 0.1) is 17.2 Å². The molecule has 1 heterocycles.